The molecule has 2 bridgehead atoms. The summed E-state index contributed by atoms with van der Waals surface area (Å²) in [5, 5.41) is 19.4. The van der Waals surface area contributed by atoms with Crippen LogP contribution >= 0.6 is 0 Å². The van der Waals surface area contributed by atoms with Crippen molar-refractivity contribution < 1.29 is 10.2 Å². The molecule has 1 aromatic heterocycles. The predicted molar refractivity (Wildman–Crippen MR) is 78.7 cm³/mol. The zero-order valence-corrected chi connectivity index (χ0v) is 12.1. The van der Waals surface area contributed by atoms with Crippen LogP contribution in [0.3, 0.4) is 0 Å². The Morgan fingerprint density at radius 3 is 2.55 bits per heavy atom. The normalized spacial score (nSPS) is 28.9. The van der Waals surface area contributed by atoms with E-state index in [0.717, 1.165) is 55.6 Å². The van der Waals surface area contributed by atoms with Crippen LogP contribution in [-0.4, -0.2) is 33.4 Å². The van der Waals surface area contributed by atoms with E-state index < -0.39 is 0 Å². The van der Waals surface area contributed by atoms with Crippen LogP contribution in [0.5, 0.6) is 0 Å². The van der Waals surface area contributed by atoms with Gasteiger partial charge in [0, 0.05) is 17.8 Å². The standard InChI is InChI=1S/C16H24N2O2/c1-2-3-12-6-11(10-19)7-16(17-12)18-13-4-5-14(18)9-15(20)8-13/h6-7,13-15,19-20H,2-5,8-10H2,1H3. The number of rotatable bonds is 4. The van der Waals surface area contributed by atoms with Gasteiger partial charge in [-0.15, -0.1) is 0 Å². The first-order valence-electron chi connectivity index (χ1n) is 7.78. The average molecular weight is 276 g/mol. The minimum Gasteiger partial charge on any atom is -0.393 e. The van der Waals surface area contributed by atoms with Crippen molar-refractivity contribution in [1.82, 2.24) is 4.98 Å². The van der Waals surface area contributed by atoms with Crippen LogP contribution in [0.2, 0.25) is 0 Å². The number of piperidine rings is 1. The van der Waals surface area contributed by atoms with Gasteiger partial charge in [0.05, 0.1) is 12.7 Å². The van der Waals surface area contributed by atoms with Gasteiger partial charge in [-0.3, -0.25) is 0 Å². The number of nitrogens with zero attached hydrogens (tertiary/aromatic N) is 2. The topological polar surface area (TPSA) is 56.6 Å². The Bertz CT molecular complexity index is 464. The van der Waals surface area contributed by atoms with E-state index in [1.165, 1.54) is 0 Å². The van der Waals surface area contributed by atoms with Crippen molar-refractivity contribution in [3.8, 4) is 0 Å². The molecule has 0 amide bonds. The van der Waals surface area contributed by atoms with Crippen molar-refractivity contribution >= 4 is 5.82 Å². The number of aromatic nitrogens is 1. The van der Waals surface area contributed by atoms with Crippen LogP contribution in [0.1, 0.15) is 50.3 Å². The molecular formula is C16H24N2O2. The summed E-state index contributed by atoms with van der Waals surface area (Å²) in [7, 11) is 0. The fourth-order valence-corrected chi connectivity index (χ4v) is 3.76. The average Bonchev–Trinajstić information content (AvgIpc) is 2.71. The van der Waals surface area contributed by atoms with E-state index in [-0.39, 0.29) is 12.7 Å². The summed E-state index contributed by atoms with van der Waals surface area (Å²) in [5.74, 6) is 0.999. The summed E-state index contributed by atoms with van der Waals surface area (Å²) in [4.78, 5) is 7.19. The maximum Gasteiger partial charge on any atom is 0.129 e. The van der Waals surface area contributed by atoms with E-state index in [2.05, 4.69) is 11.8 Å². The van der Waals surface area contributed by atoms with Gasteiger partial charge >= 0.3 is 0 Å². The van der Waals surface area contributed by atoms with Crippen molar-refractivity contribution in [3.63, 3.8) is 0 Å². The number of pyridine rings is 1. The quantitative estimate of drug-likeness (QED) is 0.883. The van der Waals surface area contributed by atoms with E-state index in [1.807, 2.05) is 12.1 Å². The smallest absolute Gasteiger partial charge is 0.129 e. The molecule has 3 heterocycles. The molecule has 0 saturated carbocycles. The molecule has 2 aliphatic heterocycles. The van der Waals surface area contributed by atoms with Crippen LogP contribution in [-0.2, 0) is 13.0 Å². The third-order valence-corrected chi connectivity index (χ3v) is 4.59. The predicted octanol–water partition coefficient (Wildman–Crippen LogP) is 2.02. The number of hydrogen-bond acceptors (Lipinski definition) is 4. The number of anilines is 1. The van der Waals surface area contributed by atoms with Gasteiger partial charge in [0.25, 0.3) is 0 Å². The highest BCUT2D eigenvalue weighted by atomic mass is 16.3. The van der Waals surface area contributed by atoms with E-state index in [4.69, 9.17) is 4.98 Å². The Hall–Kier alpha value is -1.13. The highest BCUT2D eigenvalue weighted by Gasteiger charge is 2.40. The summed E-state index contributed by atoms with van der Waals surface area (Å²) in [6.45, 7) is 2.21. The molecule has 2 saturated heterocycles. The molecule has 4 nitrogen and oxygen atoms in total. The highest BCUT2D eigenvalue weighted by Crippen LogP contribution is 2.38. The fourth-order valence-electron chi connectivity index (χ4n) is 3.76. The largest absolute Gasteiger partial charge is 0.393 e. The third kappa shape index (κ3) is 2.54. The van der Waals surface area contributed by atoms with Crippen molar-refractivity contribution in [3.05, 3.63) is 23.4 Å². The molecule has 2 N–H and O–H groups in total. The highest BCUT2D eigenvalue weighted by molar-refractivity contribution is 5.47. The second-order valence-electron chi connectivity index (χ2n) is 6.15. The van der Waals surface area contributed by atoms with Crippen molar-refractivity contribution in [2.75, 3.05) is 4.90 Å². The minimum atomic E-state index is -0.153. The zero-order valence-electron chi connectivity index (χ0n) is 12.1. The fraction of sp³-hybridized carbons (Fsp3) is 0.688. The number of aryl methyl sites for hydroxylation is 1. The second kappa shape index (κ2) is 5.70. The number of aliphatic hydroxyl groups excluding tert-OH is 2. The van der Waals surface area contributed by atoms with Gasteiger partial charge in [-0.1, -0.05) is 13.3 Å². The van der Waals surface area contributed by atoms with Crippen molar-refractivity contribution in [2.45, 2.75) is 70.2 Å². The van der Waals surface area contributed by atoms with Gasteiger partial charge in [0.2, 0.25) is 0 Å². The number of fused-ring (bicyclic) bond motifs is 2. The summed E-state index contributed by atoms with van der Waals surface area (Å²) in [5.41, 5.74) is 2.02. The lowest BCUT2D eigenvalue weighted by Gasteiger charge is -2.38. The van der Waals surface area contributed by atoms with Crippen LogP contribution < -0.4 is 4.90 Å². The summed E-state index contributed by atoms with van der Waals surface area (Å²) < 4.78 is 0. The maximum atomic E-state index is 9.91. The SMILES string of the molecule is CCCc1cc(CO)cc(N2C3CCC2CC(O)C3)n1. The van der Waals surface area contributed by atoms with Crippen LogP contribution in [0.4, 0.5) is 5.82 Å². The molecule has 2 fully saturated rings. The molecule has 2 unspecified atom stereocenters. The Morgan fingerprint density at radius 1 is 1.25 bits per heavy atom. The van der Waals surface area contributed by atoms with E-state index in [9.17, 15) is 10.2 Å². The number of aliphatic hydroxyl groups is 2. The van der Waals surface area contributed by atoms with E-state index in [1.54, 1.807) is 0 Å². The molecule has 110 valence electrons. The van der Waals surface area contributed by atoms with Gasteiger partial charge in [0.15, 0.2) is 0 Å². The van der Waals surface area contributed by atoms with Crippen molar-refractivity contribution in [1.29, 1.82) is 0 Å². The molecule has 3 rings (SSSR count). The Labute approximate surface area is 120 Å². The van der Waals surface area contributed by atoms with Gasteiger partial charge in [-0.25, -0.2) is 4.98 Å². The van der Waals surface area contributed by atoms with Crippen LogP contribution in [0.15, 0.2) is 12.1 Å². The summed E-state index contributed by atoms with van der Waals surface area (Å²) in [6.07, 6.45) is 5.86. The zero-order chi connectivity index (χ0) is 14.1. The first-order chi connectivity index (χ1) is 9.71. The molecule has 0 radical (unpaired) electrons. The van der Waals surface area contributed by atoms with Crippen LogP contribution in [0, 0.1) is 0 Å². The molecule has 1 aromatic rings. The Kier molecular flexibility index (Phi) is 3.94. The van der Waals surface area contributed by atoms with Gasteiger partial charge < -0.3 is 15.1 Å². The molecule has 4 heteroatoms. The maximum absolute atomic E-state index is 9.91. The van der Waals surface area contributed by atoms with Gasteiger partial charge in [0.1, 0.15) is 5.82 Å². The Morgan fingerprint density at radius 2 is 1.95 bits per heavy atom. The van der Waals surface area contributed by atoms with Gasteiger partial charge in [-0.2, -0.15) is 0 Å². The molecule has 0 aromatic carbocycles. The minimum absolute atomic E-state index is 0.0675. The van der Waals surface area contributed by atoms with E-state index >= 15 is 0 Å². The van der Waals surface area contributed by atoms with Crippen LogP contribution in [0.25, 0.3) is 0 Å². The molecule has 2 aliphatic rings. The monoisotopic (exact) mass is 276 g/mol. The molecular weight excluding hydrogens is 252 g/mol. The van der Waals surface area contributed by atoms with Gasteiger partial charge in [-0.05, 0) is 49.8 Å². The number of hydrogen-bond donors (Lipinski definition) is 2. The lowest BCUT2D eigenvalue weighted by molar-refractivity contribution is 0.126. The second-order valence-corrected chi connectivity index (χ2v) is 6.15. The first kappa shape index (κ1) is 13.8. The first-order valence-corrected chi connectivity index (χ1v) is 7.78. The third-order valence-electron chi connectivity index (χ3n) is 4.59. The van der Waals surface area contributed by atoms with Crippen molar-refractivity contribution in [2.24, 2.45) is 0 Å². The molecule has 2 atom stereocenters. The van der Waals surface area contributed by atoms with E-state index in [0.29, 0.717) is 12.1 Å². The molecule has 20 heavy (non-hydrogen) atoms. The lowest BCUT2D eigenvalue weighted by atomic mass is 9.99. The Balaban J connectivity index is 1.91. The molecule has 0 aliphatic carbocycles. The molecule has 0 spiro atoms. The lowest BCUT2D eigenvalue weighted by Crippen LogP contribution is -2.45. The summed E-state index contributed by atoms with van der Waals surface area (Å²) in [6, 6.07) is 4.86. The summed E-state index contributed by atoms with van der Waals surface area (Å²) >= 11 is 0.